The molecule has 18 atom stereocenters. The van der Waals surface area contributed by atoms with E-state index in [0.717, 1.165) is 0 Å². The number of nitrogens with two attached hydrogens (primary N) is 1. The van der Waals surface area contributed by atoms with Gasteiger partial charge in [0.25, 0.3) is 0 Å². The number of cyclic esters (lactones) is 1. The number of ketones is 2. The Balaban J connectivity index is 2.31. The maximum absolute atomic E-state index is 12.9. The molecular weight excluding hydrogens is 851 g/mol. The van der Waals surface area contributed by atoms with Crippen LogP contribution in [0.25, 0.3) is 0 Å². The molecule has 0 aromatic rings. The van der Waals surface area contributed by atoms with Crippen LogP contribution >= 0.6 is 0 Å². The number of allylic oxidation sites excluding steroid dienone is 10. The third-order valence-corrected chi connectivity index (χ3v) is 11.9. The smallest absolute Gasteiger partial charge is 0.311 e. The van der Waals surface area contributed by atoms with Crippen LogP contribution in [0.15, 0.2) is 72.9 Å². The Morgan fingerprint density at radius 1 is 0.615 bits per heavy atom. The van der Waals surface area contributed by atoms with E-state index in [4.69, 9.17) is 15.2 Å². The molecule has 2 aliphatic heterocycles. The summed E-state index contributed by atoms with van der Waals surface area (Å²) in [6, 6.07) is -1.15. The second kappa shape index (κ2) is 29.1. The van der Waals surface area contributed by atoms with Crippen LogP contribution in [-0.2, 0) is 28.7 Å². The molecular formula is C47H73NO17. The highest BCUT2D eigenvalue weighted by atomic mass is 16.5. The summed E-state index contributed by atoms with van der Waals surface area (Å²) < 4.78 is 11.3. The lowest BCUT2D eigenvalue weighted by atomic mass is 9.80. The van der Waals surface area contributed by atoms with Crippen molar-refractivity contribution in [1.82, 2.24) is 0 Å². The molecule has 1 fully saturated rings. The Hall–Kier alpha value is -3.76. The van der Waals surface area contributed by atoms with Crippen LogP contribution in [0, 0.1) is 23.7 Å². The predicted molar refractivity (Wildman–Crippen MR) is 237 cm³/mol. The van der Waals surface area contributed by atoms with Crippen LogP contribution in [0.4, 0.5) is 0 Å². The molecule has 0 amide bonds. The topological polar surface area (TPSA) is 335 Å². The SMILES string of the molecule is CC1/C=C/C=C/C(=O)C\C=C/C=C/C=C/C=C/C(C2OC(C)C(O)C(N)C2O)CC(O)C(C(=O)O)C(O)CC(=O)CC(O)C(O)CCC(O)CC(O)CC(O)CC(=O)OC(C)C(C)C1O. The van der Waals surface area contributed by atoms with Gasteiger partial charge in [-0.1, -0.05) is 80.7 Å². The highest BCUT2D eigenvalue weighted by Crippen LogP contribution is 2.31. The summed E-state index contributed by atoms with van der Waals surface area (Å²) in [6.45, 7) is 6.58. The van der Waals surface area contributed by atoms with Crippen molar-refractivity contribution in [2.75, 3.05) is 0 Å². The zero-order chi connectivity index (χ0) is 49.0. The van der Waals surface area contributed by atoms with Crippen molar-refractivity contribution in [3.8, 4) is 0 Å². The van der Waals surface area contributed by atoms with E-state index < -0.39 is 147 Å². The van der Waals surface area contributed by atoms with Crippen LogP contribution in [0.2, 0.25) is 0 Å². The van der Waals surface area contributed by atoms with E-state index in [0.29, 0.717) is 0 Å². The van der Waals surface area contributed by atoms with Crippen molar-refractivity contribution in [2.24, 2.45) is 29.4 Å². The van der Waals surface area contributed by atoms with Gasteiger partial charge in [-0.05, 0) is 52.0 Å². The van der Waals surface area contributed by atoms with E-state index in [-0.39, 0.29) is 43.8 Å². The van der Waals surface area contributed by atoms with Gasteiger partial charge in [-0.2, -0.15) is 0 Å². The zero-order valence-electron chi connectivity index (χ0n) is 37.6. The largest absolute Gasteiger partial charge is 0.481 e. The minimum Gasteiger partial charge on any atom is -0.481 e. The van der Waals surface area contributed by atoms with Gasteiger partial charge >= 0.3 is 11.9 Å². The Labute approximate surface area is 380 Å². The molecule has 0 aromatic carbocycles. The highest BCUT2D eigenvalue weighted by molar-refractivity contribution is 5.91. The molecule has 0 aliphatic carbocycles. The van der Waals surface area contributed by atoms with E-state index in [1.807, 2.05) is 0 Å². The molecule has 0 radical (unpaired) electrons. The molecule has 13 N–H and O–H groups in total. The van der Waals surface area contributed by atoms with Crippen LogP contribution in [0.3, 0.4) is 0 Å². The Kier molecular flexibility index (Phi) is 25.7. The van der Waals surface area contributed by atoms with Crippen LogP contribution in [0.1, 0.15) is 85.5 Å². The number of aliphatic hydroxyl groups excluding tert-OH is 10. The van der Waals surface area contributed by atoms with Gasteiger partial charge < -0.3 is 71.4 Å². The van der Waals surface area contributed by atoms with Gasteiger partial charge in [0.15, 0.2) is 5.78 Å². The maximum Gasteiger partial charge on any atom is 0.311 e. The van der Waals surface area contributed by atoms with E-state index in [1.165, 1.54) is 19.1 Å². The number of carboxylic acids is 1. The van der Waals surface area contributed by atoms with Gasteiger partial charge in [-0.15, -0.1) is 0 Å². The molecule has 18 heteroatoms. The summed E-state index contributed by atoms with van der Waals surface area (Å²) in [5.74, 6) is -7.23. The van der Waals surface area contributed by atoms with Crippen molar-refractivity contribution in [3.63, 3.8) is 0 Å². The number of hydrogen-bond donors (Lipinski definition) is 12. The first-order valence-corrected chi connectivity index (χ1v) is 22.2. The molecule has 0 aromatic heterocycles. The van der Waals surface area contributed by atoms with Crippen molar-refractivity contribution < 1.29 is 84.8 Å². The third-order valence-electron chi connectivity index (χ3n) is 11.9. The number of aliphatic carboxylic acids is 1. The van der Waals surface area contributed by atoms with E-state index >= 15 is 0 Å². The van der Waals surface area contributed by atoms with E-state index in [9.17, 15) is 75.3 Å². The number of hydrogen-bond acceptors (Lipinski definition) is 17. The summed E-state index contributed by atoms with van der Waals surface area (Å²) in [4.78, 5) is 50.2. The molecule has 1 saturated heterocycles. The van der Waals surface area contributed by atoms with Gasteiger partial charge in [0.2, 0.25) is 0 Å². The van der Waals surface area contributed by atoms with Crippen LogP contribution in [-0.4, -0.2) is 165 Å². The van der Waals surface area contributed by atoms with Gasteiger partial charge in [0.1, 0.15) is 17.8 Å². The first kappa shape index (κ1) is 57.4. The average molecular weight is 924 g/mol. The fraction of sp³-hybridized carbons (Fsp3) is 0.660. The first-order valence-electron chi connectivity index (χ1n) is 22.2. The minimum atomic E-state index is -1.96. The standard InChI is InChI=1S/C47H73NO17/c1-26-14-12-13-17-31(49)16-11-9-7-5-6-8-10-15-30(46-45(61)42(48)44(60)29(4)65-46)20-38(56)41(47(62)63)39(57)24-35(53)23-37(55)36(54)19-18-32(50)21-33(51)22-34(52)25-40(58)64-28(3)27(2)43(26)59/h5-15,17,26-30,32-34,36-39,41-46,50-52,54-57,59-61H,16,18-25,48H2,1-4H3,(H,62,63)/b7-5+,8-6+,11-9-,14-12+,15-10+,17-13+. The first-order chi connectivity index (χ1) is 30.5. The lowest BCUT2D eigenvalue weighted by Crippen LogP contribution is -2.62. The number of ether oxygens (including phenoxy) is 2. The molecule has 0 saturated carbocycles. The summed E-state index contributed by atoms with van der Waals surface area (Å²) in [6.07, 6.45) is -1.34. The monoisotopic (exact) mass is 923 g/mol. The second-order valence-corrected chi connectivity index (χ2v) is 17.5. The molecule has 2 heterocycles. The predicted octanol–water partition coefficient (Wildman–Crippen LogP) is 0.231. The van der Waals surface area contributed by atoms with Crippen molar-refractivity contribution in [3.05, 3.63) is 72.9 Å². The van der Waals surface area contributed by atoms with Gasteiger partial charge in [-0.3, -0.25) is 19.2 Å². The maximum atomic E-state index is 12.9. The van der Waals surface area contributed by atoms with E-state index in [2.05, 4.69) is 0 Å². The third kappa shape index (κ3) is 20.3. The normalized spacial score (nSPS) is 42.5. The van der Waals surface area contributed by atoms with E-state index in [1.54, 1.807) is 81.5 Å². The Bertz CT molecular complexity index is 1660. The van der Waals surface area contributed by atoms with Crippen LogP contribution < -0.4 is 5.73 Å². The highest BCUT2D eigenvalue weighted by Gasteiger charge is 2.45. The van der Waals surface area contributed by atoms with Gasteiger partial charge in [0, 0.05) is 37.0 Å². The number of esters is 1. The fourth-order valence-electron chi connectivity index (χ4n) is 7.75. The number of rotatable bonds is 2. The van der Waals surface area contributed by atoms with Gasteiger partial charge in [-0.25, -0.2) is 0 Å². The number of carbonyl (C=O) groups is 4. The molecule has 2 aliphatic rings. The molecule has 0 bridgehead atoms. The zero-order valence-corrected chi connectivity index (χ0v) is 37.6. The lowest BCUT2D eigenvalue weighted by Gasteiger charge is -2.43. The summed E-state index contributed by atoms with van der Waals surface area (Å²) in [5.41, 5.74) is 6.06. The van der Waals surface area contributed by atoms with Crippen molar-refractivity contribution in [1.29, 1.82) is 0 Å². The fourth-order valence-corrected chi connectivity index (χ4v) is 7.75. The molecule has 2 rings (SSSR count). The van der Waals surface area contributed by atoms with Crippen molar-refractivity contribution >= 4 is 23.5 Å². The molecule has 0 spiro atoms. The number of carbonyl (C=O) groups excluding carboxylic acids is 3. The van der Waals surface area contributed by atoms with Gasteiger partial charge in [0.05, 0.1) is 85.7 Å². The number of Topliss-reactive ketones (excluding diaryl/α,β-unsaturated/α-hetero) is 1. The lowest BCUT2D eigenvalue weighted by molar-refractivity contribution is -0.187. The summed E-state index contributed by atoms with van der Waals surface area (Å²) in [5, 5.41) is 117. The summed E-state index contributed by atoms with van der Waals surface area (Å²) >= 11 is 0. The summed E-state index contributed by atoms with van der Waals surface area (Å²) in [7, 11) is 0. The Morgan fingerprint density at radius 3 is 1.88 bits per heavy atom. The van der Waals surface area contributed by atoms with Crippen LogP contribution in [0.5, 0.6) is 0 Å². The average Bonchev–Trinajstić information content (AvgIpc) is 3.22. The van der Waals surface area contributed by atoms with Crippen molar-refractivity contribution in [2.45, 2.75) is 171 Å². The quantitative estimate of drug-likeness (QED) is 0.165. The molecule has 18 nitrogen and oxygen atoms in total. The number of aliphatic hydroxyl groups is 10. The Morgan fingerprint density at radius 2 is 1.22 bits per heavy atom. The molecule has 368 valence electrons. The molecule has 18 unspecified atom stereocenters. The second-order valence-electron chi connectivity index (χ2n) is 17.5. The number of carboxylic acid groups (broad SMARTS) is 1. The minimum absolute atomic E-state index is 0.0975. The molecule has 65 heavy (non-hydrogen) atoms.